The van der Waals surface area contributed by atoms with Gasteiger partial charge in [0.05, 0.1) is 16.7 Å². The highest BCUT2D eigenvalue weighted by Crippen LogP contribution is 2.33. The third-order valence-electron chi connectivity index (χ3n) is 3.69. The molecule has 106 valence electrons. The Morgan fingerprint density at radius 1 is 1.45 bits per heavy atom. The van der Waals surface area contributed by atoms with E-state index in [0.29, 0.717) is 6.04 Å². The van der Waals surface area contributed by atoms with Gasteiger partial charge in [-0.3, -0.25) is 0 Å². The zero-order chi connectivity index (χ0) is 13.9. The summed E-state index contributed by atoms with van der Waals surface area (Å²) in [5, 5.41) is 4.61. The van der Waals surface area contributed by atoms with Crippen LogP contribution in [0.4, 0.5) is 4.39 Å². The lowest BCUT2D eigenvalue weighted by molar-refractivity contribution is 0.465. The average molecular weight is 290 g/mol. The molecule has 2 nitrogen and oxygen atoms in total. The summed E-state index contributed by atoms with van der Waals surface area (Å²) in [7, 11) is 0. The maximum Gasteiger partial charge on any atom is 0.123 e. The number of hydrogen-bond donors (Lipinski definition) is 1. The number of nitrogens with one attached hydrogen (secondary N) is 1. The first-order valence-corrected chi connectivity index (χ1v) is 8.04. The molecular weight excluding hydrogens is 271 g/mol. The zero-order valence-corrected chi connectivity index (χ0v) is 12.5. The molecule has 0 radical (unpaired) electrons. The number of benzene rings is 1. The minimum Gasteiger partial charge on any atom is -0.309 e. The van der Waals surface area contributed by atoms with Crippen LogP contribution < -0.4 is 5.32 Å². The summed E-state index contributed by atoms with van der Waals surface area (Å²) in [4.78, 5) is 6.22. The van der Waals surface area contributed by atoms with Crippen LogP contribution in [-0.4, -0.2) is 11.5 Å². The molecular formula is C16H19FN2S. The largest absolute Gasteiger partial charge is 0.309 e. The van der Waals surface area contributed by atoms with Crippen LogP contribution in [0.15, 0.2) is 24.3 Å². The van der Waals surface area contributed by atoms with E-state index in [-0.39, 0.29) is 5.82 Å². The molecule has 0 bridgehead atoms. The Bertz CT molecular complexity index is 594. The van der Waals surface area contributed by atoms with E-state index in [4.69, 9.17) is 4.98 Å². The third kappa shape index (κ3) is 2.91. The minimum absolute atomic E-state index is 0.172. The molecule has 4 heteroatoms. The van der Waals surface area contributed by atoms with Gasteiger partial charge in [-0.05, 0) is 43.5 Å². The van der Waals surface area contributed by atoms with Crippen molar-refractivity contribution >= 4 is 11.3 Å². The highest BCUT2D eigenvalue weighted by molar-refractivity contribution is 7.11. The lowest BCUT2D eigenvalue weighted by Crippen LogP contribution is -2.24. The number of nitrogens with zero attached hydrogens (tertiary/aromatic N) is 1. The van der Waals surface area contributed by atoms with Crippen molar-refractivity contribution in [3.8, 4) is 0 Å². The summed E-state index contributed by atoms with van der Waals surface area (Å²) in [5.74, 6) is -0.172. The number of aryl methyl sites for hydroxylation is 1. The van der Waals surface area contributed by atoms with Gasteiger partial charge in [-0.2, -0.15) is 0 Å². The standard InChI is InChI=1S/C16H19FN2S/c1-2-18-13-7-4-8-14-16(13)19-15(20-14)10-11-5-3-6-12(17)9-11/h3,5-6,9,13,18H,2,4,7-8,10H2,1H3. The number of thiazole rings is 1. The van der Waals surface area contributed by atoms with Crippen LogP contribution in [0, 0.1) is 5.82 Å². The summed E-state index contributed by atoms with van der Waals surface area (Å²) < 4.78 is 13.2. The van der Waals surface area contributed by atoms with Gasteiger partial charge in [-0.25, -0.2) is 9.37 Å². The van der Waals surface area contributed by atoms with Gasteiger partial charge in [0.15, 0.2) is 0 Å². The molecule has 0 spiro atoms. The van der Waals surface area contributed by atoms with Gasteiger partial charge < -0.3 is 5.32 Å². The Morgan fingerprint density at radius 3 is 3.15 bits per heavy atom. The van der Waals surface area contributed by atoms with Crippen LogP contribution in [0.5, 0.6) is 0 Å². The third-order valence-corrected chi connectivity index (χ3v) is 4.82. The smallest absolute Gasteiger partial charge is 0.123 e. The van der Waals surface area contributed by atoms with Crippen molar-refractivity contribution in [1.29, 1.82) is 0 Å². The van der Waals surface area contributed by atoms with E-state index in [9.17, 15) is 4.39 Å². The molecule has 1 atom stereocenters. The molecule has 2 aromatic rings. The number of halogens is 1. The SMILES string of the molecule is CCNC1CCCc2sc(Cc3cccc(F)c3)nc21. The summed E-state index contributed by atoms with van der Waals surface area (Å²) in [6.07, 6.45) is 4.27. The molecule has 1 aliphatic rings. The predicted octanol–water partition coefficient (Wildman–Crippen LogP) is 3.86. The predicted molar refractivity (Wildman–Crippen MR) is 80.7 cm³/mol. The monoisotopic (exact) mass is 290 g/mol. The maximum atomic E-state index is 13.2. The van der Waals surface area contributed by atoms with Crippen LogP contribution >= 0.6 is 11.3 Å². The van der Waals surface area contributed by atoms with Gasteiger partial charge >= 0.3 is 0 Å². The Hall–Kier alpha value is -1.26. The van der Waals surface area contributed by atoms with Crippen molar-refractivity contribution in [2.45, 2.75) is 38.6 Å². The van der Waals surface area contributed by atoms with E-state index < -0.39 is 0 Å². The normalized spacial score (nSPS) is 18.0. The van der Waals surface area contributed by atoms with Crippen LogP contribution in [0.25, 0.3) is 0 Å². The van der Waals surface area contributed by atoms with E-state index in [1.165, 1.54) is 29.5 Å². The van der Waals surface area contributed by atoms with Gasteiger partial charge in [-0.1, -0.05) is 19.1 Å². The summed E-state index contributed by atoms with van der Waals surface area (Å²) in [6.45, 7) is 3.11. The zero-order valence-electron chi connectivity index (χ0n) is 11.7. The molecule has 1 aromatic carbocycles. The topological polar surface area (TPSA) is 24.9 Å². The fourth-order valence-corrected chi connectivity index (χ4v) is 4.02. The van der Waals surface area contributed by atoms with Crippen LogP contribution in [-0.2, 0) is 12.8 Å². The quantitative estimate of drug-likeness (QED) is 0.925. The Morgan fingerprint density at radius 2 is 2.35 bits per heavy atom. The van der Waals surface area contributed by atoms with E-state index >= 15 is 0 Å². The molecule has 3 rings (SSSR count). The summed E-state index contributed by atoms with van der Waals surface area (Å²) >= 11 is 1.79. The summed E-state index contributed by atoms with van der Waals surface area (Å²) in [6, 6.07) is 7.21. The van der Waals surface area contributed by atoms with Crippen molar-refractivity contribution in [2.24, 2.45) is 0 Å². The molecule has 1 unspecified atom stereocenters. The first-order valence-electron chi connectivity index (χ1n) is 7.22. The second-order valence-electron chi connectivity index (χ2n) is 5.23. The average Bonchev–Trinajstić information content (AvgIpc) is 2.82. The first-order chi connectivity index (χ1) is 9.76. The molecule has 1 heterocycles. The van der Waals surface area contributed by atoms with Gasteiger partial charge in [-0.15, -0.1) is 11.3 Å². The Kier molecular flexibility index (Phi) is 4.13. The fraction of sp³-hybridized carbons (Fsp3) is 0.438. The lowest BCUT2D eigenvalue weighted by Gasteiger charge is -2.21. The van der Waals surface area contributed by atoms with Crippen LogP contribution in [0.2, 0.25) is 0 Å². The van der Waals surface area contributed by atoms with E-state index in [2.05, 4.69) is 12.2 Å². The van der Waals surface area contributed by atoms with E-state index in [1.54, 1.807) is 23.5 Å². The van der Waals surface area contributed by atoms with Crippen molar-refractivity contribution < 1.29 is 4.39 Å². The minimum atomic E-state index is -0.172. The summed E-state index contributed by atoms with van der Waals surface area (Å²) in [5.41, 5.74) is 2.23. The number of aromatic nitrogens is 1. The highest BCUT2D eigenvalue weighted by Gasteiger charge is 2.23. The van der Waals surface area contributed by atoms with Crippen LogP contribution in [0.3, 0.4) is 0 Å². The fourth-order valence-electron chi connectivity index (χ4n) is 2.81. The second kappa shape index (κ2) is 6.02. The first kappa shape index (κ1) is 13.7. The highest BCUT2D eigenvalue weighted by atomic mass is 32.1. The molecule has 0 fully saturated rings. The van der Waals surface area contributed by atoms with Gasteiger partial charge in [0.25, 0.3) is 0 Å². The molecule has 20 heavy (non-hydrogen) atoms. The Labute approximate surface area is 123 Å². The second-order valence-corrected chi connectivity index (χ2v) is 6.39. The molecule has 1 N–H and O–H groups in total. The number of hydrogen-bond acceptors (Lipinski definition) is 3. The molecule has 1 aliphatic carbocycles. The lowest BCUT2D eigenvalue weighted by atomic mass is 9.98. The maximum absolute atomic E-state index is 13.2. The van der Waals surface area contributed by atoms with Crippen molar-refractivity contribution in [2.75, 3.05) is 6.54 Å². The van der Waals surface area contributed by atoms with Crippen molar-refractivity contribution in [1.82, 2.24) is 10.3 Å². The van der Waals surface area contributed by atoms with Gasteiger partial charge in [0, 0.05) is 11.3 Å². The van der Waals surface area contributed by atoms with Gasteiger partial charge in [0.1, 0.15) is 5.82 Å². The van der Waals surface area contributed by atoms with Crippen molar-refractivity contribution in [3.05, 3.63) is 51.2 Å². The number of fused-ring (bicyclic) bond motifs is 1. The van der Waals surface area contributed by atoms with E-state index in [0.717, 1.165) is 30.0 Å². The van der Waals surface area contributed by atoms with Crippen LogP contribution in [0.1, 0.15) is 46.9 Å². The van der Waals surface area contributed by atoms with Crippen molar-refractivity contribution in [3.63, 3.8) is 0 Å². The molecule has 1 aromatic heterocycles. The number of rotatable bonds is 4. The molecule has 0 saturated heterocycles. The molecule has 0 amide bonds. The molecule has 0 aliphatic heterocycles. The van der Waals surface area contributed by atoms with E-state index in [1.807, 2.05) is 6.07 Å². The Balaban J connectivity index is 1.82. The molecule has 0 saturated carbocycles. The van der Waals surface area contributed by atoms with Gasteiger partial charge in [0.2, 0.25) is 0 Å².